The lowest BCUT2D eigenvalue weighted by Gasteiger charge is -2.06. The second-order valence-electron chi connectivity index (χ2n) is 4.59. The molecule has 0 radical (unpaired) electrons. The van der Waals surface area contributed by atoms with E-state index >= 15 is 0 Å². The molecule has 6 nitrogen and oxygen atoms in total. The first-order chi connectivity index (χ1) is 11.1. The number of rotatable bonds is 4. The molecular formula is C15H10ClFN2O4. The lowest BCUT2D eigenvalue weighted by atomic mass is 10.1. The van der Waals surface area contributed by atoms with Gasteiger partial charge in [-0.15, -0.1) is 0 Å². The zero-order chi connectivity index (χ0) is 16.4. The molecule has 23 heavy (non-hydrogen) atoms. The summed E-state index contributed by atoms with van der Waals surface area (Å²) in [5.41, 5.74) is 2.26. The summed E-state index contributed by atoms with van der Waals surface area (Å²) >= 11 is 6.16. The maximum atomic E-state index is 13.9. The molecule has 0 aliphatic rings. The fourth-order valence-electron chi connectivity index (χ4n) is 2.09. The molecule has 0 fully saturated rings. The van der Waals surface area contributed by atoms with Crippen molar-refractivity contribution in [3.63, 3.8) is 0 Å². The van der Waals surface area contributed by atoms with Gasteiger partial charge in [-0.3, -0.25) is 10.0 Å². The Labute approximate surface area is 134 Å². The first-order valence-electron chi connectivity index (χ1n) is 6.50. The summed E-state index contributed by atoms with van der Waals surface area (Å²) in [4.78, 5) is 11.0. The van der Waals surface area contributed by atoms with Crippen LogP contribution in [0.3, 0.4) is 0 Å². The first kappa shape index (κ1) is 15.3. The van der Waals surface area contributed by atoms with Crippen LogP contribution in [-0.2, 0) is 4.79 Å². The summed E-state index contributed by atoms with van der Waals surface area (Å²) in [6.45, 7) is -0.421. The number of hydroxylamine groups is 1. The minimum absolute atomic E-state index is 0.100. The third kappa shape index (κ3) is 2.84. The van der Waals surface area contributed by atoms with Gasteiger partial charge >= 0.3 is 0 Å². The number of amides is 1. The minimum Gasteiger partial charge on any atom is -0.482 e. The number of benzene rings is 2. The summed E-state index contributed by atoms with van der Waals surface area (Å²) in [6, 6.07) is 9.28. The first-order valence-corrected chi connectivity index (χ1v) is 6.88. The zero-order valence-electron chi connectivity index (χ0n) is 11.5. The number of fused-ring (bicyclic) bond motifs is 1. The van der Waals surface area contributed by atoms with Gasteiger partial charge in [-0.05, 0) is 24.3 Å². The normalized spacial score (nSPS) is 10.7. The quantitative estimate of drug-likeness (QED) is 0.564. The third-order valence-corrected chi connectivity index (χ3v) is 3.52. The van der Waals surface area contributed by atoms with Crippen LogP contribution in [0.25, 0.3) is 22.2 Å². The number of carbonyl (C=O) groups excluding carboxylic acids is 1. The Morgan fingerprint density at radius 2 is 2.13 bits per heavy atom. The van der Waals surface area contributed by atoms with Crippen molar-refractivity contribution in [2.75, 3.05) is 6.61 Å². The summed E-state index contributed by atoms with van der Waals surface area (Å²) in [6.07, 6.45) is 0. The van der Waals surface area contributed by atoms with Gasteiger partial charge in [0.15, 0.2) is 12.2 Å². The molecule has 0 bridgehead atoms. The van der Waals surface area contributed by atoms with Gasteiger partial charge in [-0.2, -0.15) is 0 Å². The number of carbonyl (C=O) groups is 1. The highest BCUT2D eigenvalue weighted by Crippen LogP contribution is 2.38. The van der Waals surface area contributed by atoms with Gasteiger partial charge in [-0.1, -0.05) is 28.9 Å². The maximum Gasteiger partial charge on any atom is 0.281 e. The molecule has 0 saturated carbocycles. The molecule has 0 unspecified atom stereocenters. The van der Waals surface area contributed by atoms with Crippen molar-refractivity contribution >= 4 is 28.5 Å². The van der Waals surface area contributed by atoms with E-state index in [0.29, 0.717) is 11.1 Å². The van der Waals surface area contributed by atoms with E-state index in [1.165, 1.54) is 17.6 Å². The number of nitrogens with zero attached hydrogens (tertiary/aromatic N) is 1. The summed E-state index contributed by atoms with van der Waals surface area (Å²) in [5.74, 6) is -0.983. The highest BCUT2D eigenvalue weighted by molar-refractivity contribution is 6.36. The number of hydrogen-bond donors (Lipinski definition) is 2. The van der Waals surface area contributed by atoms with Gasteiger partial charge in [0.1, 0.15) is 22.3 Å². The van der Waals surface area contributed by atoms with Crippen LogP contribution in [-0.4, -0.2) is 22.9 Å². The van der Waals surface area contributed by atoms with E-state index in [1.807, 2.05) is 0 Å². The van der Waals surface area contributed by atoms with Gasteiger partial charge in [0.25, 0.3) is 5.91 Å². The fraction of sp³-hybridized carbons (Fsp3) is 0.0667. The molecule has 1 amide bonds. The Kier molecular flexibility index (Phi) is 4.14. The molecule has 118 valence electrons. The number of nitrogens with one attached hydrogen (secondary N) is 1. The van der Waals surface area contributed by atoms with E-state index < -0.39 is 18.3 Å². The van der Waals surface area contributed by atoms with Gasteiger partial charge in [0.2, 0.25) is 0 Å². The predicted molar refractivity (Wildman–Crippen MR) is 79.8 cm³/mol. The van der Waals surface area contributed by atoms with Gasteiger partial charge in [-0.25, -0.2) is 9.87 Å². The Bertz CT molecular complexity index is 881. The van der Waals surface area contributed by atoms with Gasteiger partial charge in [0.05, 0.1) is 5.39 Å². The number of halogens is 2. The summed E-state index contributed by atoms with van der Waals surface area (Å²) in [7, 11) is 0. The maximum absolute atomic E-state index is 13.9. The second kappa shape index (κ2) is 6.23. The van der Waals surface area contributed by atoms with E-state index in [4.69, 9.17) is 26.1 Å². The molecule has 1 aromatic heterocycles. The van der Waals surface area contributed by atoms with Gasteiger partial charge in [0, 0.05) is 5.56 Å². The molecular weight excluding hydrogens is 327 g/mol. The third-order valence-electron chi connectivity index (χ3n) is 3.16. The summed E-state index contributed by atoms with van der Waals surface area (Å²) < 4.78 is 24.3. The van der Waals surface area contributed by atoms with Crippen LogP contribution in [0.5, 0.6) is 5.75 Å². The molecule has 3 aromatic rings. The molecule has 1 heterocycles. The number of aromatic nitrogens is 1. The van der Waals surface area contributed by atoms with E-state index in [0.717, 1.165) is 0 Å². The van der Waals surface area contributed by atoms with Crippen molar-refractivity contribution < 1.29 is 23.7 Å². The van der Waals surface area contributed by atoms with Crippen LogP contribution >= 0.6 is 11.6 Å². The summed E-state index contributed by atoms with van der Waals surface area (Å²) in [5, 5.41) is 12.9. The molecule has 8 heteroatoms. The van der Waals surface area contributed by atoms with Crippen LogP contribution in [0.4, 0.5) is 4.39 Å². The van der Waals surface area contributed by atoms with Crippen molar-refractivity contribution in [3.8, 4) is 17.0 Å². The smallest absolute Gasteiger partial charge is 0.281 e. The van der Waals surface area contributed by atoms with Crippen molar-refractivity contribution in [1.82, 2.24) is 10.6 Å². The lowest BCUT2D eigenvalue weighted by molar-refractivity contribution is -0.131. The molecule has 0 saturated heterocycles. The molecule has 2 N–H and O–H groups in total. The standard InChI is InChI=1S/C15H10ClFN2O4/c16-13-11(22-7-12(20)18-21)6-5-9-14(19-23-15(9)13)8-3-1-2-4-10(8)17/h1-6,21H,7H2,(H,18,20). The van der Waals surface area contributed by atoms with Crippen LogP contribution in [0, 0.1) is 5.82 Å². The highest BCUT2D eigenvalue weighted by Gasteiger charge is 2.18. The largest absolute Gasteiger partial charge is 0.482 e. The van der Waals surface area contributed by atoms with E-state index in [1.54, 1.807) is 24.3 Å². The topological polar surface area (TPSA) is 84.6 Å². The fourth-order valence-corrected chi connectivity index (χ4v) is 2.34. The monoisotopic (exact) mass is 336 g/mol. The predicted octanol–water partition coefficient (Wildman–Crippen LogP) is 3.17. The molecule has 0 spiro atoms. The Hall–Kier alpha value is -2.64. The van der Waals surface area contributed by atoms with Crippen molar-refractivity contribution in [1.29, 1.82) is 0 Å². The molecule has 3 rings (SSSR count). The van der Waals surface area contributed by atoms with Crippen molar-refractivity contribution in [3.05, 3.63) is 47.2 Å². The van der Waals surface area contributed by atoms with Crippen LogP contribution < -0.4 is 10.2 Å². The average Bonchev–Trinajstić information content (AvgIpc) is 2.99. The SMILES string of the molecule is O=C(COc1ccc2c(-c3ccccc3F)noc2c1Cl)NO. The van der Waals surface area contributed by atoms with Crippen LogP contribution in [0.1, 0.15) is 0 Å². The van der Waals surface area contributed by atoms with Crippen molar-refractivity contribution in [2.24, 2.45) is 0 Å². The van der Waals surface area contributed by atoms with E-state index in [9.17, 15) is 9.18 Å². The highest BCUT2D eigenvalue weighted by atomic mass is 35.5. The van der Waals surface area contributed by atoms with Crippen molar-refractivity contribution in [2.45, 2.75) is 0 Å². The molecule has 0 atom stereocenters. The Morgan fingerprint density at radius 1 is 1.35 bits per heavy atom. The Balaban J connectivity index is 2.01. The number of hydrogen-bond acceptors (Lipinski definition) is 5. The van der Waals surface area contributed by atoms with Crippen LogP contribution in [0.15, 0.2) is 40.9 Å². The molecule has 2 aromatic carbocycles. The van der Waals surface area contributed by atoms with E-state index in [-0.39, 0.29) is 21.9 Å². The zero-order valence-corrected chi connectivity index (χ0v) is 12.3. The van der Waals surface area contributed by atoms with E-state index in [2.05, 4.69) is 5.16 Å². The lowest BCUT2D eigenvalue weighted by Crippen LogP contribution is -2.25. The second-order valence-corrected chi connectivity index (χ2v) is 4.97. The molecule has 0 aliphatic carbocycles. The Morgan fingerprint density at radius 3 is 2.87 bits per heavy atom. The number of ether oxygens (including phenoxy) is 1. The average molecular weight is 337 g/mol. The minimum atomic E-state index is -0.731. The molecule has 0 aliphatic heterocycles. The van der Waals surface area contributed by atoms with Gasteiger partial charge < -0.3 is 9.26 Å². The van der Waals surface area contributed by atoms with Crippen LogP contribution in [0.2, 0.25) is 5.02 Å².